The van der Waals surface area contributed by atoms with Gasteiger partial charge in [-0.3, -0.25) is 0 Å². The standard InChI is InChI=1S/C14H16ClN3OS/c1-4-9-7-10(5-6-11(9)15)19-13-8-12(16-2)17-14(18-13)20-3/h5-8H,4H2,1-3H3,(H,16,17,18). The van der Waals surface area contributed by atoms with Gasteiger partial charge in [0.15, 0.2) is 5.16 Å². The van der Waals surface area contributed by atoms with Crippen LogP contribution in [0, 0.1) is 0 Å². The molecule has 0 atom stereocenters. The molecule has 0 aliphatic rings. The molecular weight excluding hydrogens is 294 g/mol. The molecule has 1 aromatic carbocycles. The lowest BCUT2D eigenvalue weighted by molar-refractivity contribution is 0.455. The SMILES string of the molecule is CCc1cc(Oc2cc(NC)nc(SC)n2)ccc1Cl. The molecule has 0 saturated heterocycles. The predicted molar refractivity (Wildman–Crippen MR) is 84.3 cm³/mol. The highest BCUT2D eigenvalue weighted by Gasteiger charge is 2.07. The van der Waals surface area contributed by atoms with E-state index in [4.69, 9.17) is 16.3 Å². The fourth-order valence-corrected chi connectivity index (χ4v) is 2.30. The molecule has 0 radical (unpaired) electrons. The van der Waals surface area contributed by atoms with E-state index in [9.17, 15) is 0 Å². The van der Waals surface area contributed by atoms with Gasteiger partial charge in [0.2, 0.25) is 5.88 Å². The normalized spacial score (nSPS) is 10.4. The molecule has 0 spiro atoms. The fraction of sp³-hybridized carbons (Fsp3) is 0.286. The van der Waals surface area contributed by atoms with Crippen molar-refractivity contribution in [3.8, 4) is 11.6 Å². The Labute approximate surface area is 127 Å². The number of hydrogen-bond donors (Lipinski definition) is 1. The minimum absolute atomic E-state index is 0.512. The molecule has 1 N–H and O–H groups in total. The Morgan fingerprint density at radius 1 is 1.30 bits per heavy atom. The summed E-state index contributed by atoms with van der Waals surface area (Å²) in [7, 11) is 1.81. The van der Waals surface area contributed by atoms with Gasteiger partial charge in [-0.2, -0.15) is 4.98 Å². The summed E-state index contributed by atoms with van der Waals surface area (Å²) in [5.41, 5.74) is 1.05. The topological polar surface area (TPSA) is 47.0 Å². The number of halogens is 1. The average molecular weight is 310 g/mol. The molecule has 0 unspecified atom stereocenters. The maximum absolute atomic E-state index is 6.10. The number of aromatic nitrogens is 2. The molecule has 0 aliphatic carbocycles. The monoisotopic (exact) mass is 309 g/mol. The largest absolute Gasteiger partial charge is 0.439 e. The number of nitrogens with one attached hydrogen (secondary N) is 1. The number of aryl methyl sites for hydroxylation is 1. The number of anilines is 1. The minimum Gasteiger partial charge on any atom is -0.439 e. The van der Waals surface area contributed by atoms with Gasteiger partial charge < -0.3 is 10.1 Å². The number of thioether (sulfide) groups is 1. The first-order valence-electron chi connectivity index (χ1n) is 6.23. The van der Waals surface area contributed by atoms with Gasteiger partial charge in [0.05, 0.1) is 0 Å². The summed E-state index contributed by atoms with van der Waals surface area (Å²) in [5.74, 6) is 1.96. The number of rotatable bonds is 5. The van der Waals surface area contributed by atoms with Crippen LogP contribution in [0.1, 0.15) is 12.5 Å². The minimum atomic E-state index is 0.512. The zero-order valence-electron chi connectivity index (χ0n) is 11.6. The maximum Gasteiger partial charge on any atom is 0.225 e. The van der Waals surface area contributed by atoms with Gasteiger partial charge in [0.25, 0.3) is 0 Å². The molecule has 20 heavy (non-hydrogen) atoms. The second-order valence-corrected chi connectivity index (χ2v) is 5.22. The Morgan fingerprint density at radius 2 is 2.10 bits per heavy atom. The summed E-state index contributed by atoms with van der Waals surface area (Å²) < 4.78 is 5.80. The van der Waals surface area contributed by atoms with Crippen LogP contribution in [0.4, 0.5) is 5.82 Å². The zero-order valence-corrected chi connectivity index (χ0v) is 13.2. The Morgan fingerprint density at radius 3 is 2.75 bits per heavy atom. The van der Waals surface area contributed by atoms with Crippen LogP contribution in [0.3, 0.4) is 0 Å². The predicted octanol–water partition coefficient (Wildman–Crippen LogP) is 4.25. The molecule has 0 fully saturated rings. The van der Waals surface area contributed by atoms with Crippen LogP contribution in [0.25, 0.3) is 0 Å². The van der Waals surface area contributed by atoms with Crippen molar-refractivity contribution in [1.29, 1.82) is 0 Å². The lowest BCUT2D eigenvalue weighted by Gasteiger charge is -2.09. The van der Waals surface area contributed by atoms with E-state index < -0.39 is 0 Å². The molecule has 2 rings (SSSR count). The highest BCUT2D eigenvalue weighted by molar-refractivity contribution is 7.98. The van der Waals surface area contributed by atoms with Crippen molar-refractivity contribution >= 4 is 29.2 Å². The molecule has 6 heteroatoms. The van der Waals surface area contributed by atoms with Gasteiger partial charge in [0, 0.05) is 18.1 Å². The van der Waals surface area contributed by atoms with Gasteiger partial charge in [-0.15, -0.1) is 0 Å². The average Bonchev–Trinajstić information content (AvgIpc) is 2.48. The third-order valence-electron chi connectivity index (χ3n) is 2.74. The first kappa shape index (κ1) is 14.9. The fourth-order valence-electron chi connectivity index (χ4n) is 1.68. The molecule has 2 aromatic rings. The van der Waals surface area contributed by atoms with Crippen molar-refractivity contribution in [1.82, 2.24) is 9.97 Å². The summed E-state index contributed by atoms with van der Waals surface area (Å²) in [4.78, 5) is 8.63. The lowest BCUT2D eigenvalue weighted by Crippen LogP contribution is -1.98. The summed E-state index contributed by atoms with van der Waals surface area (Å²) in [6.45, 7) is 2.06. The van der Waals surface area contributed by atoms with Crippen LogP contribution in [-0.4, -0.2) is 23.3 Å². The second-order valence-electron chi connectivity index (χ2n) is 4.04. The maximum atomic E-state index is 6.10. The van der Waals surface area contributed by atoms with Gasteiger partial charge in [-0.25, -0.2) is 4.98 Å². The molecule has 0 bridgehead atoms. The Hall–Kier alpha value is -1.46. The van der Waals surface area contributed by atoms with E-state index in [1.807, 2.05) is 31.5 Å². The van der Waals surface area contributed by atoms with Crippen molar-refractivity contribution < 1.29 is 4.74 Å². The molecule has 0 amide bonds. The van der Waals surface area contributed by atoms with E-state index in [2.05, 4.69) is 22.2 Å². The van der Waals surface area contributed by atoms with Crippen LogP contribution in [0.5, 0.6) is 11.6 Å². The van der Waals surface area contributed by atoms with Crippen LogP contribution >= 0.6 is 23.4 Å². The summed E-state index contributed by atoms with van der Waals surface area (Å²) in [5, 5.41) is 4.41. The lowest BCUT2D eigenvalue weighted by atomic mass is 10.1. The van der Waals surface area contributed by atoms with Crippen molar-refractivity contribution in [2.75, 3.05) is 18.6 Å². The van der Waals surface area contributed by atoms with Crippen molar-refractivity contribution in [3.63, 3.8) is 0 Å². The van der Waals surface area contributed by atoms with Gasteiger partial charge >= 0.3 is 0 Å². The van der Waals surface area contributed by atoms with Gasteiger partial charge in [0.1, 0.15) is 11.6 Å². The highest BCUT2D eigenvalue weighted by Crippen LogP contribution is 2.27. The Bertz CT molecular complexity index is 585. The molecule has 0 aliphatic heterocycles. The molecule has 106 valence electrons. The van der Waals surface area contributed by atoms with E-state index in [0.29, 0.717) is 11.0 Å². The number of nitrogens with zero attached hydrogens (tertiary/aromatic N) is 2. The summed E-state index contributed by atoms with van der Waals surface area (Å²) >= 11 is 7.57. The van der Waals surface area contributed by atoms with E-state index in [1.165, 1.54) is 11.8 Å². The molecule has 1 aromatic heterocycles. The molecular formula is C14H16ClN3OS. The van der Waals surface area contributed by atoms with E-state index in [1.54, 1.807) is 6.07 Å². The highest BCUT2D eigenvalue weighted by atomic mass is 35.5. The molecule has 0 saturated carbocycles. The number of benzene rings is 1. The Balaban J connectivity index is 2.29. The summed E-state index contributed by atoms with van der Waals surface area (Å²) in [6, 6.07) is 7.37. The smallest absolute Gasteiger partial charge is 0.225 e. The summed E-state index contributed by atoms with van der Waals surface area (Å²) in [6.07, 6.45) is 2.79. The Kier molecular flexibility index (Phi) is 5.09. The van der Waals surface area contributed by atoms with Crippen LogP contribution in [-0.2, 0) is 6.42 Å². The van der Waals surface area contributed by atoms with Crippen LogP contribution in [0.15, 0.2) is 29.4 Å². The quantitative estimate of drug-likeness (QED) is 0.661. The third kappa shape index (κ3) is 3.55. The van der Waals surface area contributed by atoms with E-state index in [0.717, 1.165) is 28.6 Å². The zero-order chi connectivity index (χ0) is 14.5. The second kappa shape index (κ2) is 6.81. The van der Waals surface area contributed by atoms with E-state index in [-0.39, 0.29) is 0 Å². The van der Waals surface area contributed by atoms with Crippen molar-refractivity contribution in [3.05, 3.63) is 34.9 Å². The van der Waals surface area contributed by atoms with Gasteiger partial charge in [-0.1, -0.05) is 30.3 Å². The molecule has 4 nitrogen and oxygen atoms in total. The number of hydrogen-bond acceptors (Lipinski definition) is 5. The van der Waals surface area contributed by atoms with Crippen molar-refractivity contribution in [2.45, 2.75) is 18.5 Å². The number of ether oxygens (including phenoxy) is 1. The first-order chi connectivity index (χ1) is 9.66. The third-order valence-corrected chi connectivity index (χ3v) is 3.66. The van der Waals surface area contributed by atoms with E-state index >= 15 is 0 Å². The van der Waals surface area contributed by atoms with Gasteiger partial charge in [-0.05, 0) is 36.4 Å². The van der Waals surface area contributed by atoms with Crippen LogP contribution in [0.2, 0.25) is 5.02 Å². The van der Waals surface area contributed by atoms with Crippen molar-refractivity contribution in [2.24, 2.45) is 0 Å². The first-order valence-corrected chi connectivity index (χ1v) is 7.83. The molecule has 1 heterocycles. The van der Waals surface area contributed by atoms with Crippen LogP contribution < -0.4 is 10.1 Å².